The molecule has 0 unspecified atom stereocenters. The molecule has 6 nitrogen and oxygen atoms in total. The molecule has 0 aliphatic rings. The average molecular weight is 301 g/mol. The summed E-state index contributed by atoms with van der Waals surface area (Å²) in [7, 11) is 0. The first-order chi connectivity index (χ1) is 10.7. The minimum Gasteiger partial charge on any atom is -0.370 e. The van der Waals surface area contributed by atoms with Crippen LogP contribution in [-0.4, -0.2) is 40.3 Å². The van der Waals surface area contributed by atoms with E-state index in [1.165, 1.54) is 17.6 Å². The fraction of sp³-hybridized carbons (Fsp3) is 0.438. The number of rotatable bonds is 8. The van der Waals surface area contributed by atoms with Gasteiger partial charge in [-0.05, 0) is 25.5 Å². The van der Waals surface area contributed by atoms with Crippen molar-refractivity contribution >= 4 is 11.6 Å². The van der Waals surface area contributed by atoms with Gasteiger partial charge >= 0.3 is 0 Å². The third kappa shape index (κ3) is 4.58. The Labute approximate surface area is 131 Å². The van der Waals surface area contributed by atoms with Crippen molar-refractivity contribution in [3.8, 4) is 0 Å². The lowest BCUT2D eigenvalue weighted by atomic mass is 10.2. The highest BCUT2D eigenvalue weighted by Crippen LogP contribution is 2.18. The van der Waals surface area contributed by atoms with Crippen LogP contribution in [0.3, 0.4) is 0 Å². The zero-order valence-corrected chi connectivity index (χ0v) is 13.2. The van der Waals surface area contributed by atoms with Crippen LogP contribution in [0, 0.1) is 6.92 Å². The summed E-state index contributed by atoms with van der Waals surface area (Å²) in [6.07, 6.45) is 3.50. The van der Waals surface area contributed by atoms with Crippen molar-refractivity contribution in [2.45, 2.75) is 26.8 Å². The Bertz CT molecular complexity index is 582. The number of amides is 1. The smallest absolute Gasteiger partial charge is 0.221 e. The molecule has 0 bridgehead atoms. The highest BCUT2D eigenvalue weighted by Gasteiger charge is 2.07. The molecule has 0 fully saturated rings. The van der Waals surface area contributed by atoms with Crippen molar-refractivity contribution < 1.29 is 4.79 Å². The van der Waals surface area contributed by atoms with E-state index in [9.17, 15) is 4.79 Å². The van der Waals surface area contributed by atoms with Crippen LogP contribution in [0.2, 0.25) is 0 Å². The first-order valence-electron chi connectivity index (χ1n) is 7.60. The molecule has 1 aromatic carbocycles. The SMILES string of the molecule is CCN(CCNC(=O)CCn1cncn1)c1ccccc1C. The first kappa shape index (κ1) is 16.0. The predicted molar refractivity (Wildman–Crippen MR) is 86.7 cm³/mol. The minimum atomic E-state index is 0.0383. The number of anilines is 1. The molecule has 0 atom stereocenters. The van der Waals surface area contributed by atoms with Crippen LogP contribution in [0.5, 0.6) is 0 Å². The van der Waals surface area contributed by atoms with Crippen molar-refractivity contribution in [3.05, 3.63) is 42.5 Å². The van der Waals surface area contributed by atoms with Crippen molar-refractivity contribution in [3.63, 3.8) is 0 Å². The van der Waals surface area contributed by atoms with E-state index in [0.717, 1.165) is 13.1 Å². The summed E-state index contributed by atoms with van der Waals surface area (Å²) < 4.78 is 1.66. The highest BCUT2D eigenvalue weighted by atomic mass is 16.1. The van der Waals surface area contributed by atoms with Crippen LogP contribution in [0.15, 0.2) is 36.9 Å². The number of aryl methyl sites for hydroxylation is 2. The number of carbonyl (C=O) groups excluding carboxylic acids is 1. The molecule has 1 heterocycles. The fourth-order valence-electron chi connectivity index (χ4n) is 2.35. The van der Waals surface area contributed by atoms with Gasteiger partial charge in [0.25, 0.3) is 0 Å². The molecule has 1 amide bonds. The largest absolute Gasteiger partial charge is 0.370 e. The number of nitrogens with one attached hydrogen (secondary N) is 1. The van der Waals surface area contributed by atoms with Gasteiger partial charge < -0.3 is 10.2 Å². The number of hydrogen-bond acceptors (Lipinski definition) is 4. The van der Waals surface area contributed by atoms with E-state index in [1.807, 2.05) is 12.1 Å². The van der Waals surface area contributed by atoms with Crippen LogP contribution in [-0.2, 0) is 11.3 Å². The van der Waals surface area contributed by atoms with E-state index in [-0.39, 0.29) is 5.91 Å². The van der Waals surface area contributed by atoms with Gasteiger partial charge in [0.05, 0.1) is 6.54 Å². The van der Waals surface area contributed by atoms with Crippen LogP contribution < -0.4 is 10.2 Å². The summed E-state index contributed by atoms with van der Waals surface area (Å²) in [5.41, 5.74) is 2.48. The minimum absolute atomic E-state index is 0.0383. The zero-order chi connectivity index (χ0) is 15.8. The number of hydrogen-bond donors (Lipinski definition) is 1. The van der Waals surface area contributed by atoms with Crippen molar-refractivity contribution in [1.82, 2.24) is 20.1 Å². The van der Waals surface area contributed by atoms with E-state index in [2.05, 4.69) is 46.3 Å². The second kappa shape index (κ2) is 8.17. The summed E-state index contributed by atoms with van der Waals surface area (Å²) in [4.78, 5) is 17.9. The molecular formula is C16H23N5O. The summed E-state index contributed by atoms with van der Waals surface area (Å²) >= 11 is 0. The van der Waals surface area contributed by atoms with E-state index < -0.39 is 0 Å². The van der Waals surface area contributed by atoms with Gasteiger partial charge in [0.2, 0.25) is 5.91 Å². The van der Waals surface area contributed by atoms with Gasteiger partial charge in [0.15, 0.2) is 0 Å². The number of aromatic nitrogens is 3. The quantitative estimate of drug-likeness (QED) is 0.805. The lowest BCUT2D eigenvalue weighted by Crippen LogP contribution is -2.35. The number of para-hydroxylation sites is 1. The van der Waals surface area contributed by atoms with E-state index >= 15 is 0 Å². The number of carbonyl (C=O) groups is 1. The van der Waals surface area contributed by atoms with Crippen LogP contribution in [0.4, 0.5) is 5.69 Å². The molecule has 0 aliphatic heterocycles. The van der Waals surface area contributed by atoms with E-state index in [4.69, 9.17) is 0 Å². The lowest BCUT2D eigenvalue weighted by molar-refractivity contribution is -0.121. The fourth-order valence-corrected chi connectivity index (χ4v) is 2.35. The van der Waals surface area contributed by atoms with E-state index in [1.54, 1.807) is 11.0 Å². The molecule has 118 valence electrons. The molecular weight excluding hydrogens is 278 g/mol. The van der Waals surface area contributed by atoms with Crippen LogP contribution >= 0.6 is 0 Å². The van der Waals surface area contributed by atoms with Crippen LogP contribution in [0.1, 0.15) is 18.9 Å². The van der Waals surface area contributed by atoms with Crippen LogP contribution in [0.25, 0.3) is 0 Å². The van der Waals surface area contributed by atoms with Gasteiger partial charge in [-0.2, -0.15) is 5.10 Å². The second-order valence-electron chi connectivity index (χ2n) is 5.12. The molecule has 0 aliphatic carbocycles. The third-order valence-corrected chi connectivity index (χ3v) is 3.58. The second-order valence-corrected chi connectivity index (χ2v) is 5.12. The molecule has 6 heteroatoms. The number of nitrogens with zero attached hydrogens (tertiary/aromatic N) is 4. The third-order valence-electron chi connectivity index (χ3n) is 3.58. The Kier molecular flexibility index (Phi) is 5.94. The normalized spacial score (nSPS) is 10.5. The monoisotopic (exact) mass is 301 g/mol. The molecule has 2 aromatic rings. The summed E-state index contributed by atoms with van der Waals surface area (Å²) in [6, 6.07) is 8.31. The van der Waals surface area contributed by atoms with Gasteiger partial charge in [-0.15, -0.1) is 0 Å². The average Bonchev–Trinajstić information content (AvgIpc) is 3.04. The Morgan fingerprint density at radius 3 is 2.86 bits per heavy atom. The molecule has 0 spiro atoms. The zero-order valence-electron chi connectivity index (χ0n) is 13.2. The van der Waals surface area contributed by atoms with Gasteiger partial charge in [0.1, 0.15) is 12.7 Å². The standard InChI is InChI=1S/C16H23N5O/c1-3-20(15-7-5-4-6-14(15)2)11-9-18-16(22)8-10-21-13-17-12-19-21/h4-7,12-13H,3,8-11H2,1-2H3,(H,18,22). The Morgan fingerprint density at radius 2 is 2.18 bits per heavy atom. The maximum Gasteiger partial charge on any atom is 0.221 e. The molecule has 2 rings (SSSR count). The van der Waals surface area contributed by atoms with Gasteiger partial charge in [-0.3, -0.25) is 9.48 Å². The van der Waals surface area contributed by atoms with E-state index in [0.29, 0.717) is 19.5 Å². The van der Waals surface area contributed by atoms with Gasteiger partial charge in [-0.1, -0.05) is 18.2 Å². The number of benzene rings is 1. The Balaban J connectivity index is 1.74. The Morgan fingerprint density at radius 1 is 1.36 bits per heavy atom. The van der Waals surface area contributed by atoms with Gasteiger partial charge in [-0.25, -0.2) is 4.98 Å². The molecule has 22 heavy (non-hydrogen) atoms. The molecule has 1 N–H and O–H groups in total. The van der Waals surface area contributed by atoms with Crippen molar-refractivity contribution in [1.29, 1.82) is 0 Å². The molecule has 0 saturated carbocycles. The van der Waals surface area contributed by atoms with Gasteiger partial charge in [0, 0.05) is 31.7 Å². The molecule has 0 saturated heterocycles. The Hall–Kier alpha value is -2.37. The predicted octanol–water partition coefficient (Wildman–Crippen LogP) is 1.62. The highest BCUT2D eigenvalue weighted by molar-refractivity contribution is 5.75. The molecule has 1 aromatic heterocycles. The summed E-state index contributed by atoms with van der Waals surface area (Å²) in [5, 5.41) is 6.93. The summed E-state index contributed by atoms with van der Waals surface area (Å²) in [5.74, 6) is 0.0383. The molecule has 0 radical (unpaired) electrons. The number of likely N-dealkylation sites (N-methyl/N-ethyl adjacent to an activating group) is 1. The van der Waals surface area contributed by atoms with Crippen molar-refractivity contribution in [2.24, 2.45) is 0 Å². The lowest BCUT2D eigenvalue weighted by Gasteiger charge is -2.25. The first-order valence-corrected chi connectivity index (χ1v) is 7.60. The maximum atomic E-state index is 11.8. The maximum absolute atomic E-state index is 11.8. The van der Waals surface area contributed by atoms with Crippen molar-refractivity contribution in [2.75, 3.05) is 24.5 Å². The topological polar surface area (TPSA) is 63.1 Å². The summed E-state index contributed by atoms with van der Waals surface area (Å²) in [6.45, 7) is 7.14.